The summed E-state index contributed by atoms with van der Waals surface area (Å²) in [7, 11) is -3.32. The normalized spacial score (nSPS) is 17.8. The monoisotopic (exact) mass is 239 g/mol. The van der Waals surface area contributed by atoms with Crippen LogP contribution in [0.3, 0.4) is 0 Å². The Kier molecular flexibility index (Phi) is 3.30. The Morgan fingerprint density at radius 3 is 2.44 bits per heavy atom. The zero-order valence-corrected chi connectivity index (χ0v) is 10.3. The highest BCUT2D eigenvalue weighted by Gasteiger charge is 2.23. The van der Waals surface area contributed by atoms with E-state index in [1.165, 1.54) is 0 Å². The first-order valence-electron chi connectivity index (χ1n) is 5.67. The summed E-state index contributed by atoms with van der Waals surface area (Å²) in [5.41, 5.74) is 0.799. The van der Waals surface area contributed by atoms with Crippen molar-refractivity contribution in [3.05, 3.63) is 29.8 Å². The zero-order valence-electron chi connectivity index (χ0n) is 9.44. The first kappa shape index (κ1) is 11.6. The van der Waals surface area contributed by atoms with E-state index in [1.54, 1.807) is 12.1 Å². The van der Waals surface area contributed by atoms with Crippen LogP contribution in [0.2, 0.25) is 0 Å². The van der Waals surface area contributed by atoms with Gasteiger partial charge in [0.25, 0.3) is 0 Å². The summed E-state index contributed by atoms with van der Waals surface area (Å²) in [6.07, 6.45) is 4.18. The van der Waals surface area contributed by atoms with Crippen molar-refractivity contribution in [3.8, 4) is 0 Å². The third-order valence-electron chi connectivity index (χ3n) is 3.06. The van der Waals surface area contributed by atoms with E-state index in [-0.39, 0.29) is 6.04 Å². The van der Waals surface area contributed by atoms with Gasteiger partial charge in [-0.25, -0.2) is 13.1 Å². The molecule has 0 bridgehead atoms. The minimum Gasteiger partial charge on any atom is -0.208 e. The number of rotatable bonds is 3. The third kappa shape index (κ3) is 2.44. The molecule has 0 spiro atoms. The maximum absolute atomic E-state index is 12.1. The molecule has 1 fully saturated rings. The van der Waals surface area contributed by atoms with Crippen LogP contribution in [0.5, 0.6) is 0 Å². The van der Waals surface area contributed by atoms with E-state index in [0.717, 1.165) is 31.2 Å². The average molecular weight is 239 g/mol. The molecule has 0 radical (unpaired) electrons. The summed E-state index contributed by atoms with van der Waals surface area (Å²) >= 11 is 0. The average Bonchev–Trinajstić information content (AvgIpc) is 2.70. The van der Waals surface area contributed by atoms with Crippen molar-refractivity contribution in [2.45, 2.75) is 43.5 Å². The van der Waals surface area contributed by atoms with E-state index >= 15 is 0 Å². The van der Waals surface area contributed by atoms with Crippen LogP contribution in [0.25, 0.3) is 0 Å². The minimum absolute atomic E-state index is 0.129. The van der Waals surface area contributed by atoms with E-state index in [0.29, 0.717) is 4.90 Å². The number of sulfonamides is 1. The number of benzene rings is 1. The molecule has 1 aliphatic carbocycles. The summed E-state index contributed by atoms with van der Waals surface area (Å²) in [6, 6.07) is 7.22. The fourth-order valence-corrected chi connectivity index (χ4v) is 3.74. The van der Waals surface area contributed by atoms with Crippen LogP contribution in [0, 0.1) is 6.92 Å². The Balaban J connectivity index is 2.21. The van der Waals surface area contributed by atoms with Gasteiger partial charge in [0.15, 0.2) is 0 Å². The molecule has 0 heterocycles. The van der Waals surface area contributed by atoms with Crippen molar-refractivity contribution in [2.24, 2.45) is 0 Å². The zero-order chi connectivity index (χ0) is 11.6. The molecule has 0 saturated heterocycles. The van der Waals surface area contributed by atoms with Crippen LogP contribution in [-0.2, 0) is 10.0 Å². The number of aryl methyl sites for hydroxylation is 1. The molecule has 1 aromatic carbocycles. The van der Waals surface area contributed by atoms with E-state index in [9.17, 15) is 8.42 Å². The maximum atomic E-state index is 12.1. The number of nitrogens with one attached hydrogen (secondary N) is 1. The molecule has 0 unspecified atom stereocenters. The van der Waals surface area contributed by atoms with Gasteiger partial charge in [-0.2, -0.15) is 0 Å². The second-order valence-electron chi connectivity index (χ2n) is 4.37. The first-order valence-corrected chi connectivity index (χ1v) is 7.16. The first-order chi connectivity index (χ1) is 7.59. The summed E-state index contributed by atoms with van der Waals surface area (Å²) in [5.74, 6) is 0. The van der Waals surface area contributed by atoms with Gasteiger partial charge >= 0.3 is 0 Å². The van der Waals surface area contributed by atoms with Gasteiger partial charge in [-0.05, 0) is 31.4 Å². The SMILES string of the molecule is Cc1ccccc1S(=O)(=O)NC1CCCC1. The van der Waals surface area contributed by atoms with Gasteiger partial charge in [-0.15, -0.1) is 0 Å². The molecule has 88 valence electrons. The van der Waals surface area contributed by atoms with E-state index in [2.05, 4.69) is 4.72 Å². The molecule has 0 aromatic heterocycles. The lowest BCUT2D eigenvalue weighted by Gasteiger charge is -2.13. The van der Waals surface area contributed by atoms with Crippen LogP contribution in [-0.4, -0.2) is 14.5 Å². The largest absolute Gasteiger partial charge is 0.241 e. The molecule has 0 amide bonds. The van der Waals surface area contributed by atoms with Crippen LogP contribution in [0.4, 0.5) is 0 Å². The standard InChI is InChI=1S/C12H17NO2S/c1-10-6-2-5-9-12(10)16(14,15)13-11-7-3-4-8-11/h2,5-6,9,11,13H,3-4,7-8H2,1H3. The highest BCUT2D eigenvalue weighted by atomic mass is 32.2. The van der Waals surface area contributed by atoms with Crippen LogP contribution >= 0.6 is 0 Å². The molecule has 3 nitrogen and oxygen atoms in total. The maximum Gasteiger partial charge on any atom is 0.241 e. The molecule has 0 aliphatic heterocycles. The highest BCUT2D eigenvalue weighted by molar-refractivity contribution is 7.89. The van der Waals surface area contributed by atoms with E-state index in [4.69, 9.17) is 0 Å². The van der Waals surface area contributed by atoms with Gasteiger partial charge in [0.2, 0.25) is 10.0 Å². The number of hydrogen-bond acceptors (Lipinski definition) is 2. The van der Waals surface area contributed by atoms with Crippen molar-refractivity contribution in [1.82, 2.24) is 4.72 Å². The fraction of sp³-hybridized carbons (Fsp3) is 0.500. The summed E-state index contributed by atoms with van der Waals surface area (Å²) in [4.78, 5) is 0.405. The Morgan fingerprint density at radius 1 is 1.19 bits per heavy atom. The second kappa shape index (κ2) is 4.55. The van der Waals surface area contributed by atoms with Crippen LogP contribution in [0.15, 0.2) is 29.2 Å². The van der Waals surface area contributed by atoms with Gasteiger partial charge in [0.05, 0.1) is 4.90 Å². The molecular formula is C12H17NO2S. The summed E-state index contributed by atoms with van der Waals surface area (Å²) in [5, 5.41) is 0. The van der Waals surface area contributed by atoms with E-state index in [1.807, 2.05) is 19.1 Å². The molecule has 1 saturated carbocycles. The molecule has 1 aliphatic rings. The molecular weight excluding hydrogens is 222 g/mol. The van der Waals surface area contributed by atoms with Crippen molar-refractivity contribution < 1.29 is 8.42 Å². The van der Waals surface area contributed by atoms with Gasteiger partial charge in [0.1, 0.15) is 0 Å². The predicted octanol–water partition coefficient (Wildman–Crippen LogP) is 2.22. The van der Waals surface area contributed by atoms with Crippen molar-refractivity contribution in [3.63, 3.8) is 0 Å². The van der Waals surface area contributed by atoms with Crippen molar-refractivity contribution in [2.75, 3.05) is 0 Å². The lowest BCUT2D eigenvalue weighted by Crippen LogP contribution is -2.33. The lowest BCUT2D eigenvalue weighted by atomic mass is 10.2. The summed E-state index contributed by atoms with van der Waals surface area (Å²) < 4.78 is 27.0. The Bertz CT molecular complexity index is 462. The Labute approximate surface area is 96.9 Å². The van der Waals surface area contributed by atoms with Gasteiger partial charge in [-0.3, -0.25) is 0 Å². The van der Waals surface area contributed by atoms with Crippen LogP contribution < -0.4 is 4.72 Å². The minimum atomic E-state index is -3.32. The number of hydrogen-bond donors (Lipinski definition) is 1. The van der Waals surface area contributed by atoms with Crippen LogP contribution in [0.1, 0.15) is 31.2 Å². The summed E-state index contributed by atoms with van der Waals surface area (Å²) in [6.45, 7) is 1.82. The van der Waals surface area contributed by atoms with E-state index < -0.39 is 10.0 Å². The van der Waals surface area contributed by atoms with Gasteiger partial charge < -0.3 is 0 Å². The predicted molar refractivity (Wildman–Crippen MR) is 63.8 cm³/mol. The lowest BCUT2D eigenvalue weighted by molar-refractivity contribution is 0.551. The van der Waals surface area contributed by atoms with Crippen molar-refractivity contribution >= 4 is 10.0 Å². The Hall–Kier alpha value is -0.870. The third-order valence-corrected chi connectivity index (χ3v) is 4.74. The molecule has 1 N–H and O–H groups in total. The van der Waals surface area contributed by atoms with Crippen molar-refractivity contribution in [1.29, 1.82) is 0 Å². The Morgan fingerprint density at radius 2 is 1.81 bits per heavy atom. The molecule has 0 atom stereocenters. The highest BCUT2D eigenvalue weighted by Crippen LogP contribution is 2.21. The second-order valence-corrected chi connectivity index (χ2v) is 6.05. The smallest absolute Gasteiger partial charge is 0.208 e. The molecule has 2 rings (SSSR count). The molecule has 16 heavy (non-hydrogen) atoms. The molecule has 1 aromatic rings. The molecule has 4 heteroatoms. The van der Waals surface area contributed by atoms with Gasteiger partial charge in [-0.1, -0.05) is 31.0 Å². The topological polar surface area (TPSA) is 46.2 Å². The quantitative estimate of drug-likeness (QED) is 0.879. The van der Waals surface area contributed by atoms with Gasteiger partial charge in [0, 0.05) is 6.04 Å². The fourth-order valence-electron chi connectivity index (χ4n) is 2.18.